The van der Waals surface area contributed by atoms with Gasteiger partial charge in [0.05, 0.1) is 16.0 Å². The molecule has 4 heteroatoms. The zero-order valence-electron chi connectivity index (χ0n) is 6.94. The van der Waals surface area contributed by atoms with Crippen LogP contribution >= 0.6 is 24.0 Å². The minimum absolute atomic E-state index is 0.218. The number of ether oxygens (including phenoxy) is 1. The maximum Gasteiger partial charge on any atom is 0.140 e. The Morgan fingerprint density at radius 1 is 1.38 bits per heavy atom. The summed E-state index contributed by atoms with van der Waals surface area (Å²) in [4.78, 5) is 0. The predicted octanol–water partition coefficient (Wildman–Crippen LogP) is 2.90. The van der Waals surface area contributed by atoms with Gasteiger partial charge < -0.3 is 9.84 Å². The number of benzene rings is 1. The van der Waals surface area contributed by atoms with Crippen LogP contribution < -0.4 is 4.74 Å². The first-order valence-corrected chi connectivity index (χ1v) is 4.96. The Hall–Kier alpha value is -0.870. The molecule has 0 aliphatic carbocycles. The van der Waals surface area contributed by atoms with Crippen molar-refractivity contribution in [3.8, 4) is 11.5 Å². The van der Waals surface area contributed by atoms with Crippen LogP contribution in [0.3, 0.4) is 0 Å². The molecule has 68 valence electrons. The van der Waals surface area contributed by atoms with Gasteiger partial charge in [-0.25, -0.2) is 0 Å². The van der Waals surface area contributed by atoms with Gasteiger partial charge in [0.1, 0.15) is 11.5 Å². The number of thiol groups is 1. The molecule has 1 N–H and O–H groups in total. The van der Waals surface area contributed by atoms with Crippen LogP contribution in [0.25, 0.3) is 10.1 Å². The Balaban J connectivity index is 2.80. The van der Waals surface area contributed by atoms with Crippen molar-refractivity contribution in [2.24, 2.45) is 0 Å². The number of hydrogen-bond donors (Lipinski definition) is 2. The first-order valence-electron chi connectivity index (χ1n) is 3.70. The molecule has 0 bridgehead atoms. The highest BCUT2D eigenvalue weighted by atomic mass is 32.2. The van der Waals surface area contributed by atoms with Crippen LogP contribution in [0.5, 0.6) is 11.5 Å². The molecule has 1 heterocycles. The third-order valence-corrected chi connectivity index (χ3v) is 3.14. The highest BCUT2D eigenvalue weighted by Crippen LogP contribution is 2.37. The van der Waals surface area contributed by atoms with E-state index in [0.717, 1.165) is 14.3 Å². The van der Waals surface area contributed by atoms with Crippen LogP contribution in [0.2, 0.25) is 0 Å². The van der Waals surface area contributed by atoms with E-state index in [9.17, 15) is 5.11 Å². The Labute approximate surface area is 85.2 Å². The number of methoxy groups -OCH3 is 1. The number of fused-ring (bicyclic) bond motifs is 1. The van der Waals surface area contributed by atoms with E-state index in [1.54, 1.807) is 30.6 Å². The van der Waals surface area contributed by atoms with E-state index in [1.165, 1.54) is 0 Å². The van der Waals surface area contributed by atoms with Gasteiger partial charge in [0, 0.05) is 11.5 Å². The summed E-state index contributed by atoms with van der Waals surface area (Å²) in [5, 5.41) is 10.3. The van der Waals surface area contributed by atoms with E-state index in [4.69, 9.17) is 4.74 Å². The molecule has 0 saturated heterocycles. The van der Waals surface area contributed by atoms with Crippen molar-refractivity contribution in [2.75, 3.05) is 7.11 Å². The summed E-state index contributed by atoms with van der Waals surface area (Å²) in [6.07, 6.45) is 0. The van der Waals surface area contributed by atoms with Crippen molar-refractivity contribution in [1.29, 1.82) is 0 Å². The minimum Gasteiger partial charge on any atom is -0.508 e. The molecule has 13 heavy (non-hydrogen) atoms. The van der Waals surface area contributed by atoms with E-state index in [2.05, 4.69) is 12.6 Å². The quantitative estimate of drug-likeness (QED) is 0.712. The SMILES string of the molecule is COc1cc(O)cc2cc(S)sc12. The van der Waals surface area contributed by atoms with Gasteiger partial charge in [-0.05, 0) is 12.1 Å². The summed E-state index contributed by atoms with van der Waals surface area (Å²) < 4.78 is 7.07. The number of phenolic OH excluding ortho intramolecular Hbond substituents is 1. The first kappa shape index (κ1) is 8.72. The fraction of sp³-hybridized carbons (Fsp3) is 0.111. The monoisotopic (exact) mass is 212 g/mol. The third kappa shape index (κ3) is 1.47. The lowest BCUT2D eigenvalue weighted by Crippen LogP contribution is -1.81. The fourth-order valence-corrected chi connectivity index (χ4v) is 2.53. The molecule has 1 aromatic heterocycles. The van der Waals surface area contributed by atoms with Crippen molar-refractivity contribution >= 4 is 34.1 Å². The second-order valence-corrected chi connectivity index (χ2v) is 4.49. The number of phenols is 1. The number of hydrogen-bond acceptors (Lipinski definition) is 4. The van der Waals surface area contributed by atoms with Crippen LogP contribution in [-0.4, -0.2) is 12.2 Å². The third-order valence-electron chi connectivity index (χ3n) is 1.77. The van der Waals surface area contributed by atoms with Crippen molar-refractivity contribution in [2.45, 2.75) is 4.21 Å². The summed E-state index contributed by atoms with van der Waals surface area (Å²) in [5.41, 5.74) is 0. The predicted molar refractivity (Wildman–Crippen MR) is 57.3 cm³/mol. The molecule has 0 atom stereocenters. The largest absolute Gasteiger partial charge is 0.508 e. The van der Waals surface area contributed by atoms with Crippen LogP contribution in [0.1, 0.15) is 0 Å². The lowest BCUT2D eigenvalue weighted by Gasteiger charge is -2.01. The van der Waals surface area contributed by atoms with E-state index in [0.29, 0.717) is 5.75 Å². The average molecular weight is 212 g/mol. The molecule has 0 aliphatic heterocycles. The topological polar surface area (TPSA) is 29.5 Å². The highest BCUT2D eigenvalue weighted by Gasteiger charge is 2.06. The second-order valence-electron chi connectivity index (χ2n) is 2.65. The smallest absolute Gasteiger partial charge is 0.140 e. The molecular formula is C9H8O2S2. The number of thiophene rings is 1. The maximum absolute atomic E-state index is 9.35. The molecule has 0 saturated carbocycles. The molecular weight excluding hydrogens is 204 g/mol. The Bertz CT molecular complexity index is 448. The first-order chi connectivity index (χ1) is 6.20. The highest BCUT2D eigenvalue weighted by molar-refractivity contribution is 7.83. The molecule has 0 radical (unpaired) electrons. The molecule has 0 unspecified atom stereocenters. The molecule has 2 aromatic rings. The van der Waals surface area contributed by atoms with Gasteiger partial charge in [-0.1, -0.05) is 0 Å². The van der Waals surface area contributed by atoms with Gasteiger partial charge in [0.15, 0.2) is 0 Å². The minimum atomic E-state index is 0.218. The lowest BCUT2D eigenvalue weighted by molar-refractivity contribution is 0.413. The summed E-state index contributed by atoms with van der Waals surface area (Å²) in [6.45, 7) is 0. The van der Waals surface area contributed by atoms with Gasteiger partial charge in [-0.3, -0.25) is 0 Å². The molecule has 1 aromatic carbocycles. The van der Waals surface area contributed by atoms with Crippen LogP contribution in [0, 0.1) is 0 Å². The summed E-state index contributed by atoms with van der Waals surface area (Å²) in [5.74, 6) is 0.913. The molecule has 2 rings (SSSR count). The standard InChI is InChI=1S/C9H8O2S2/c1-11-7-4-6(10)2-5-3-8(12)13-9(5)7/h2-4,10,12H,1H3. The van der Waals surface area contributed by atoms with Crippen molar-refractivity contribution < 1.29 is 9.84 Å². The lowest BCUT2D eigenvalue weighted by atomic mass is 10.2. The molecule has 0 fully saturated rings. The molecule has 0 amide bonds. The van der Waals surface area contributed by atoms with E-state index in [-0.39, 0.29) is 5.75 Å². The fourth-order valence-electron chi connectivity index (χ4n) is 1.24. The second kappa shape index (κ2) is 3.12. The molecule has 0 aliphatic rings. The van der Waals surface area contributed by atoms with Gasteiger partial charge in [0.25, 0.3) is 0 Å². The summed E-state index contributed by atoms with van der Waals surface area (Å²) in [7, 11) is 1.59. The summed E-state index contributed by atoms with van der Waals surface area (Å²) in [6, 6.07) is 5.21. The normalized spacial score (nSPS) is 10.6. The average Bonchev–Trinajstić information content (AvgIpc) is 2.43. The van der Waals surface area contributed by atoms with Crippen molar-refractivity contribution in [3.05, 3.63) is 18.2 Å². The van der Waals surface area contributed by atoms with Gasteiger partial charge in [0.2, 0.25) is 0 Å². The van der Waals surface area contributed by atoms with Gasteiger partial charge in [-0.15, -0.1) is 24.0 Å². The van der Waals surface area contributed by atoms with Crippen LogP contribution in [0.4, 0.5) is 0 Å². The zero-order valence-corrected chi connectivity index (χ0v) is 8.65. The van der Waals surface area contributed by atoms with Gasteiger partial charge in [-0.2, -0.15) is 0 Å². The number of aromatic hydroxyl groups is 1. The van der Waals surface area contributed by atoms with Crippen LogP contribution in [-0.2, 0) is 0 Å². The van der Waals surface area contributed by atoms with Crippen molar-refractivity contribution in [1.82, 2.24) is 0 Å². The van der Waals surface area contributed by atoms with E-state index < -0.39 is 0 Å². The molecule has 2 nitrogen and oxygen atoms in total. The van der Waals surface area contributed by atoms with E-state index in [1.807, 2.05) is 6.07 Å². The van der Waals surface area contributed by atoms with Gasteiger partial charge >= 0.3 is 0 Å². The Morgan fingerprint density at radius 3 is 2.85 bits per heavy atom. The zero-order chi connectivity index (χ0) is 9.42. The Kier molecular flexibility index (Phi) is 2.09. The van der Waals surface area contributed by atoms with Crippen LogP contribution in [0.15, 0.2) is 22.4 Å². The maximum atomic E-state index is 9.35. The number of rotatable bonds is 1. The van der Waals surface area contributed by atoms with Crippen molar-refractivity contribution in [3.63, 3.8) is 0 Å². The Morgan fingerprint density at radius 2 is 2.15 bits per heavy atom. The van der Waals surface area contributed by atoms with E-state index >= 15 is 0 Å². The molecule has 0 spiro atoms. The summed E-state index contributed by atoms with van der Waals surface area (Å²) >= 11 is 5.78.